The van der Waals surface area contributed by atoms with Gasteiger partial charge in [0.15, 0.2) is 0 Å². The summed E-state index contributed by atoms with van der Waals surface area (Å²) in [7, 11) is 0. The van der Waals surface area contributed by atoms with Crippen LogP contribution in [0.4, 0.5) is 4.79 Å². The monoisotopic (exact) mass is 270 g/mol. The zero-order valence-electron chi connectivity index (χ0n) is 11.1. The van der Waals surface area contributed by atoms with E-state index in [9.17, 15) is 9.59 Å². The van der Waals surface area contributed by atoms with Gasteiger partial charge in [-0.05, 0) is 32.1 Å². The summed E-state index contributed by atoms with van der Waals surface area (Å²) in [6.07, 6.45) is 6.14. The number of carboxylic acid groups (broad SMARTS) is 1. The van der Waals surface area contributed by atoms with Crippen LogP contribution in [0.5, 0.6) is 0 Å². The molecule has 0 aromatic carbocycles. The molecule has 2 aliphatic rings. The number of amides is 2. The van der Waals surface area contributed by atoms with Gasteiger partial charge in [-0.3, -0.25) is 4.79 Å². The number of aliphatic carboxylic acids is 1. The number of carbonyl (C=O) groups excluding carboxylic acids is 1. The van der Waals surface area contributed by atoms with Gasteiger partial charge in [-0.15, -0.1) is 0 Å². The highest BCUT2D eigenvalue weighted by Gasteiger charge is 2.41. The fraction of sp³-hybridized carbons (Fsp3) is 0.846. The lowest BCUT2D eigenvalue weighted by atomic mass is 9.96. The molecule has 0 spiro atoms. The molecule has 0 aromatic heterocycles. The average molecular weight is 270 g/mol. The fourth-order valence-corrected chi connectivity index (χ4v) is 2.79. The molecule has 2 fully saturated rings. The highest BCUT2D eigenvalue weighted by atomic mass is 16.5. The molecule has 0 saturated carbocycles. The SMILES string of the molecule is O=C(O)CCCCCNC(=O)NC1CC2CCC1O2. The Bertz CT molecular complexity index is 335. The number of nitrogens with one attached hydrogen (secondary N) is 2. The lowest BCUT2D eigenvalue weighted by molar-refractivity contribution is -0.137. The van der Waals surface area contributed by atoms with Gasteiger partial charge in [0.25, 0.3) is 0 Å². The Balaban J connectivity index is 1.49. The number of hydrogen-bond donors (Lipinski definition) is 3. The molecule has 2 bridgehead atoms. The van der Waals surface area contributed by atoms with Gasteiger partial charge in [-0.1, -0.05) is 6.42 Å². The first-order valence-corrected chi connectivity index (χ1v) is 7.07. The van der Waals surface area contributed by atoms with Crippen molar-refractivity contribution < 1.29 is 19.4 Å². The second-order valence-corrected chi connectivity index (χ2v) is 5.32. The van der Waals surface area contributed by atoms with E-state index in [2.05, 4.69) is 10.6 Å². The standard InChI is InChI=1S/C13H22N2O4/c16-12(17)4-2-1-3-7-14-13(18)15-10-8-9-5-6-11(10)19-9/h9-11H,1-8H2,(H,16,17)(H2,14,15,18). The van der Waals surface area contributed by atoms with Gasteiger partial charge in [0.1, 0.15) is 0 Å². The van der Waals surface area contributed by atoms with E-state index in [1.54, 1.807) is 0 Å². The quantitative estimate of drug-likeness (QED) is 0.608. The largest absolute Gasteiger partial charge is 0.481 e. The van der Waals surface area contributed by atoms with Crippen LogP contribution >= 0.6 is 0 Å². The predicted molar refractivity (Wildman–Crippen MR) is 68.9 cm³/mol. The van der Waals surface area contributed by atoms with Crippen LogP contribution in [0.15, 0.2) is 0 Å². The van der Waals surface area contributed by atoms with Gasteiger partial charge in [0.2, 0.25) is 0 Å². The van der Waals surface area contributed by atoms with Crippen molar-refractivity contribution in [3.05, 3.63) is 0 Å². The second kappa shape index (κ2) is 6.75. The Morgan fingerprint density at radius 2 is 2.05 bits per heavy atom. The summed E-state index contributed by atoms with van der Waals surface area (Å²) in [6.45, 7) is 0.590. The van der Waals surface area contributed by atoms with Crippen molar-refractivity contribution in [2.75, 3.05) is 6.54 Å². The van der Waals surface area contributed by atoms with Gasteiger partial charge >= 0.3 is 12.0 Å². The molecule has 3 atom stereocenters. The van der Waals surface area contributed by atoms with E-state index in [0.717, 1.165) is 32.1 Å². The molecule has 6 heteroatoms. The molecule has 0 aromatic rings. The van der Waals surface area contributed by atoms with Crippen molar-refractivity contribution >= 4 is 12.0 Å². The van der Waals surface area contributed by atoms with Crippen LogP contribution in [0, 0.1) is 0 Å². The molecule has 6 nitrogen and oxygen atoms in total. The highest BCUT2D eigenvalue weighted by molar-refractivity contribution is 5.74. The number of rotatable bonds is 7. The minimum Gasteiger partial charge on any atom is -0.481 e. The van der Waals surface area contributed by atoms with E-state index in [0.29, 0.717) is 19.1 Å². The van der Waals surface area contributed by atoms with Gasteiger partial charge in [0.05, 0.1) is 18.2 Å². The average Bonchev–Trinajstić information content (AvgIpc) is 2.95. The van der Waals surface area contributed by atoms with Crippen LogP contribution in [0.2, 0.25) is 0 Å². The topological polar surface area (TPSA) is 87.7 Å². The van der Waals surface area contributed by atoms with E-state index >= 15 is 0 Å². The molecule has 0 radical (unpaired) electrons. The molecule has 19 heavy (non-hydrogen) atoms. The summed E-state index contributed by atoms with van der Waals surface area (Å²) in [6, 6.07) is 0.0187. The maximum atomic E-state index is 11.6. The van der Waals surface area contributed by atoms with Gasteiger partial charge in [0, 0.05) is 13.0 Å². The first-order chi connectivity index (χ1) is 9.15. The highest BCUT2D eigenvalue weighted by Crippen LogP contribution is 2.34. The smallest absolute Gasteiger partial charge is 0.315 e. The summed E-state index contributed by atoms with van der Waals surface area (Å²) in [5, 5.41) is 14.2. The predicted octanol–water partition coefficient (Wildman–Crippen LogP) is 1.25. The molecule has 2 rings (SSSR count). The summed E-state index contributed by atoms with van der Waals surface area (Å²) in [4.78, 5) is 21.9. The summed E-state index contributed by atoms with van der Waals surface area (Å²) in [5.74, 6) is -0.762. The molecule has 2 saturated heterocycles. The van der Waals surface area contributed by atoms with Crippen LogP contribution in [0.1, 0.15) is 44.9 Å². The molecule has 0 aliphatic carbocycles. The van der Waals surface area contributed by atoms with Crippen molar-refractivity contribution in [3.63, 3.8) is 0 Å². The first-order valence-electron chi connectivity index (χ1n) is 7.07. The van der Waals surface area contributed by atoms with Gasteiger partial charge in [-0.25, -0.2) is 4.79 Å². The maximum Gasteiger partial charge on any atom is 0.315 e. The van der Waals surface area contributed by atoms with Crippen LogP contribution in [-0.4, -0.2) is 41.9 Å². The molecular weight excluding hydrogens is 248 g/mol. The minimum atomic E-state index is -0.762. The van der Waals surface area contributed by atoms with E-state index in [4.69, 9.17) is 9.84 Å². The van der Waals surface area contributed by atoms with E-state index in [1.165, 1.54) is 0 Å². The van der Waals surface area contributed by atoms with Crippen molar-refractivity contribution in [2.24, 2.45) is 0 Å². The second-order valence-electron chi connectivity index (χ2n) is 5.32. The molecule has 2 amide bonds. The van der Waals surface area contributed by atoms with Gasteiger partial charge < -0.3 is 20.5 Å². The lowest BCUT2D eigenvalue weighted by Crippen LogP contribution is -2.46. The summed E-state index contributed by atoms with van der Waals surface area (Å²) < 4.78 is 5.67. The summed E-state index contributed by atoms with van der Waals surface area (Å²) in [5.41, 5.74) is 0. The van der Waals surface area contributed by atoms with Crippen LogP contribution in [0.3, 0.4) is 0 Å². The molecule has 3 N–H and O–H groups in total. The van der Waals surface area contributed by atoms with Crippen molar-refractivity contribution in [3.8, 4) is 0 Å². The Morgan fingerprint density at radius 3 is 2.68 bits per heavy atom. The Kier molecular flexibility index (Phi) is 5.01. The van der Waals surface area contributed by atoms with Crippen LogP contribution in [-0.2, 0) is 9.53 Å². The lowest BCUT2D eigenvalue weighted by Gasteiger charge is -2.20. The first kappa shape index (κ1) is 14.1. The van der Waals surface area contributed by atoms with E-state index in [-0.39, 0.29) is 24.6 Å². The number of fused-ring (bicyclic) bond motifs is 2. The molecule has 3 unspecified atom stereocenters. The number of carbonyl (C=O) groups is 2. The molecule has 2 heterocycles. The van der Waals surface area contributed by atoms with Crippen LogP contribution < -0.4 is 10.6 Å². The minimum absolute atomic E-state index is 0.139. The van der Waals surface area contributed by atoms with E-state index in [1.807, 2.05) is 0 Å². The van der Waals surface area contributed by atoms with E-state index < -0.39 is 5.97 Å². The van der Waals surface area contributed by atoms with Crippen LogP contribution in [0.25, 0.3) is 0 Å². The van der Waals surface area contributed by atoms with Crippen molar-refractivity contribution in [1.29, 1.82) is 0 Å². The zero-order chi connectivity index (χ0) is 13.7. The van der Waals surface area contributed by atoms with Gasteiger partial charge in [-0.2, -0.15) is 0 Å². The third-order valence-electron chi connectivity index (χ3n) is 3.78. The number of urea groups is 1. The third kappa shape index (κ3) is 4.38. The zero-order valence-corrected chi connectivity index (χ0v) is 11.1. The Morgan fingerprint density at radius 1 is 1.21 bits per heavy atom. The number of carboxylic acids is 1. The normalized spacial score (nSPS) is 28.3. The molecular formula is C13H22N2O4. The summed E-state index contributed by atoms with van der Waals surface area (Å²) >= 11 is 0. The fourth-order valence-electron chi connectivity index (χ4n) is 2.79. The third-order valence-corrected chi connectivity index (χ3v) is 3.78. The number of hydrogen-bond acceptors (Lipinski definition) is 3. The number of unbranched alkanes of at least 4 members (excludes halogenated alkanes) is 2. The molecule has 2 aliphatic heterocycles. The maximum absolute atomic E-state index is 11.6. The number of ether oxygens (including phenoxy) is 1. The Hall–Kier alpha value is -1.30. The van der Waals surface area contributed by atoms with Crippen molar-refractivity contribution in [2.45, 2.75) is 63.2 Å². The Labute approximate surface area is 112 Å². The molecule has 108 valence electrons. The van der Waals surface area contributed by atoms with Crippen molar-refractivity contribution in [1.82, 2.24) is 10.6 Å².